The van der Waals surface area contributed by atoms with E-state index in [1.165, 1.54) is 0 Å². The number of hydrogen-bond donors (Lipinski definition) is 3. The summed E-state index contributed by atoms with van der Waals surface area (Å²) in [4.78, 5) is 31.9. The van der Waals surface area contributed by atoms with Crippen LogP contribution in [0.15, 0.2) is 11.6 Å². The Bertz CT molecular complexity index is 270. The van der Waals surface area contributed by atoms with Crippen molar-refractivity contribution in [1.82, 2.24) is 0 Å². The molecule has 6 nitrogen and oxygen atoms in total. The number of rotatable bonds is 5. The van der Waals surface area contributed by atoms with Crippen LogP contribution < -0.4 is 11.5 Å². The predicted octanol–water partition coefficient (Wildman–Crippen LogP) is -1.95. The molecule has 0 rings (SSSR count). The Kier molecular flexibility index (Phi) is 4.57. The Morgan fingerprint density at radius 2 is 1.69 bits per heavy atom. The highest BCUT2D eigenvalue weighted by molar-refractivity contribution is 6.20. The Morgan fingerprint density at radius 3 is 2.00 bits per heavy atom. The summed E-state index contributed by atoms with van der Waals surface area (Å²) in [5.74, 6) is -2.90. The highest BCUT2D eigenvalue weighted by Gasteiger charge is 2.16. The Labute approximate surface area is 74.2 Å². The van der Waals surface area contributed by atoms with Crippen molar-refractivity contribution in [2.75, 3.05) is 13.1 Å². The van der Waals surface area contributed by atoms with E-state index in [-0.39, 0.29) is 6.54 Å². The number of aliphatic carboxylic acids is 1. The number of hydrogen-bond acceptors (Lipinski definition) is 5. The monoisotopic (exact) mass is 186 g/mol. The summed E-state index contributed by atoms with van der Waals surface area (Å²) in [5, 5.41) is 8.48. The maximum Gasteiger partial charge on any atom is 0.339 e. The van der Waals surface area contributed by atoms with Gasteiger partial charge in [-0.2, -0.15) is 0 Å². The summed E-state index contributed by atoms with van der Waals surface area (Å²) in [5.41, 5.74) is 9.24. The van der Waals surface area contributed by atoms with Crippen LogP contribution >= 0.6 is 0 Å². The van der Waals surface area contributed by atoms with Crippen LogP contribution in [0.5, 0.6) is 0 Å². The lowest BCUT2D eigenvalue weighted by atomic mass is 10.1. The third-order valence-corrected chi connectivity index (χ3v) is 1.22. The topological polar surface area (TPSA) is 123 Å². The van der Waals surface area contributed by atoms with Crippen molar-refractivity contribution in [3.63, 3.8) is 0 Å². The molecule has 0 spiro atoms. The number of ketones is 2. The van der Waals surface area contributed by atoms with Gasteiger partial charge < -0.3 is 16.6 Å². The lowest BCUT2D eigenvalue weighted by Crippen LogP contribution is -2.23. The molecule has 0 aliphatic rings. The standard InChI is InChI=1S/C7H10N2O4/c8-2-4(10)1-5(7(12)13)6(11)3-9/h1H,2-3,8-9H2,(H,12,13). The SMILES string of the molecule is NCC(=O)C=C(C(=O)O)C(=O)CN. The molecule has 0 amide bonds. The molecule has 0 aromatic rings. The first-order valence-corrected chi connectivity index (χ1v) is 3.44. The Morgan fingerprint density at radius 1 is 1.15 bits per heavy atom. The molecule has 5 N–H and O–H groups in total. The van der Waals surface area contributed by atoms with E-state index >= 15 is 0 Å². The van der Waals surface area contributed by atoms with Crippen LogP contribution in [0, 0.1) is 0 Å². The van der Waals surface area contributed by atoms with E-state index in [0.29, 0.717) is 6.08 Å². The van der Waals surface area contributed by atoms with Crippen LogP contribution in [-0.2, 0) is 14.4 Å². The van der Waals surface area contributed by atoms with Crippen molar-refractivity contribution in [2.45, 2.75) is 0 Å². The molecule has 13 heavy (non-hydrogen) atoms. The van der Waals surface area contributed by atoms with Gasteiger partial charge in [0, 0.05) is 6.08 Å². The van der Waals surface area contributed by atoms with Crippen LogP contribution in [0.3, 0.4) is 0 Å². The molecule has 0 aromatic carbocycles. The van der Waals surface area contributed by atoms with Gasteiger partial charge in [0.05, 0.1) is 13.1 Å². The van der Waals surface area contributed by atoms with Crippen molar-refractivity contribution >= 4 is 17.5 Å². The zero-order valence-electron chi connectivity index (χ0n) is 6.82. The number of carboxylic acid groups (broad SMARTS) is 1. The number of carbonyl (C=O) groups is 3. The van der Waals surface area contributed by atoms with Gasteiger partial charge in [0.2, 0.25) is 0 Å². The van der Waals surface area contributed by atoms with Crippen LogP contribution in [-0.4, -0.2) is 35.7 Å². The number of carbonyl (C=O) groups excluding carboxylic acids is 2. The van der Waals surface area contributed by atoms with Crippen LogP contribution in [0.2, 0.25) is 0 Å². The third kappa shape index (κ3) is 3.59. The maximum atomic E-state index is 10.8. The first kappa shape index (κ1) is 11.5. The minimum absolute atomic E-state index is 0.339. The molecule has 0 atom stereocenters. The second-order valence-corrected chi connectivity index (χ2v) is 2.16. The van der Waals surface area contributed by atoms with Crippen molar-refractivity contribution in [1.29, 1.82) is 0 Å². The first-order chi connectivity index (χ1) is 6.02. The normalized spacial score (nSPS) is 11.1. The molecule has 0 heterocycles. The zero-order valence-corrected chi connectivity index (χ0v) is 6.82. The lowest BCUT2D eigenvalue weighted by Gasteiger charge is -1.97. The van der Waals surface area contributed by atoms with Gasteiger partial charge in [0.25, 0.3) is 0 Å². The van der Waals surface area contributed by atoms with Crippen molar-refractivity contribution < 1.29 is 19.5 Å². The minimum Gasteiger partial charge on any atom is -0.478 e. The molecule has 0 aliphatic carbocycles. The molecule has 0 saturated carbocycles. The average molecular weight is 186 g/mol. The second-order valence-electron chi connectivity index (χ2n) is 2.16. The van der Waals surface area contributed by atoms with Crippen molar-refractivity contribution in [3.8, 4) is 0 Å². The van der Waals surface area contributed by atoms with Crippen LogP contribution in [0.4, 0.5) is 0 Å². The predicted molar refractivity (Wildman–Crippen MR) is 43.8 cm³/mol. The summed E-state index contributed by atoms with van der Waals surface area (Å²) in [6.07, 6.45) is 0.692. The molecule has 0 bridgehead atoms. The van der Waals surface area contributed by atoms with Gasteiger partial charge in [0.15, 0.2) is 11.6 Å². The van der Waals surface area contributed by atoms with Crippen molar-refractivity contribution in [2.24, 2.45) is 11.5 Å². The van der Waals surface area contributed by atoms with E-state index in [1.54, 1.807) is 0 Å². The summed E-state index contributed by atoms with van der Waals surface area (Å²) in [6.45, 7) is -0.787. The third-order valence-electron chi connectivity index (χ3n) is 1.22. The summed E-state index contributed by atoms with van der Waals surface area (Å²) in [7, 11) is 0. The van der Waals surface area contributed by atoms with Crippen LogP contribution in [0.1, 0.15) is 0 Å². The van der Waals surface area contributed by atoms with E-state index in [1.807, 2.05) is 0 Å². The zero-order chi connectivity index (χ0) is 10.4. The fraction of sp³-hybridized carbons (Fsp3) is 0.286. The highest BCUT2D eigenvalue weighted by Crippen LogP contribution is 1.96. The fourth-order valence-electron chi connectivity index (χ4n) is 0.591. The van der Waals surface area contributed by atoms with Crippen LogP contribution in [0.25, 0.3) is 0 Å². The largest absolute Gasteiger partial charge is 0.478 e. The van der Waals surface area contributed by atoms with Gasteiger partial charge in [0.1, 0.15) is 5.57 Å². The van der Waals surface area contributed by atoms with Gasteiger partial charge in [-0.25, -0.2) is 4.79 Å². The van der Waals surface area contributed by atoms with Gasteiger partial charge in [-0.3, -0.25) is 9.59 Å². The summed E-state index contributed by atoms with van der Waals surface area (Å²) in [6, 6.07) is 0. The van der Waals surface area contributed by atoms with Gasteiger partial charge >= 0.3 is 5.97 Å². The van der Waals surface area contributed by atoms with Gasteiger partial charge in [-0.05, 0) is 0 Å². The molecule has 0 radical (unpaired) electrons. The molecule has 0 fully saturated rings. The van der Waals surface area contributed by atoms with E-state index in [4.69, 9.17) is 16.6 Å². The molecular weight excluding hydrogens is 176 g/mol. The quantitative estimate of drug-likeness (QED) is 0.260. The maximum absolute atomic E-state index is 10.8. The van der Waals surface area contributed by atoms with E-state index in [0.717, 1.165) is 0 Å². The van der Waals surface area contributed by atoms with Gasteiger partial charge in [-0.1, -0.05) is 0 Å². The lowest BCUT2D eigenvalue weighted by molar-refractivity contribution is -0.134. The average Bonchev–Trinajstić information content (AvgIpc) is 2.11. The Hall–Kier alpha value is -1.53. The van der Waals surface area contributed by atoms with Gasteiger partial charge in [-0.15, -0.1) is 0 Å². The summed E-state index contributed by atoms with van der Waals surface area (Å²) >= 11 is 0. The number of nitrogens with two attached hydrogens (primary N) is 2. The van der Waals surface area contributed by atoms with E-state index in [2.05, 4.69) is 0 Å². The molecule has 6 heteroatoms. The first-order valence-electron chi connectivity index (χ1n) is 3.44. The molecule has 0 aromatic heterocycles. The van der Waals surface area contributed by atoms with Crippen molar-refractivity contribution in [3.05, 3.63) is 11.6 Å². The van der Waals surface area contributed by atoms with E-state index < -0.39 is 29.7 Å². The molecule has 0 saturated heterocycles. The smallest absolute Gasteiger partial charge is 0.339 e. The molecular formula is C7H10N2O4. The highest BCUT2D eigenvalue weighted by atomic mass is 16.4. The minimum atomic E-state index is -1.47. The van der Waals surface area contributed by atoms with E-state index in [9.17, 15) is 14.4 Å². The number of carboxylic acids is 1. The summed E-state index contributed by atoms with van der Waals surface area (Å²) < 4.78 is 0. The molecule has 0 aliphatic heterocycles. The number of Topliss-reactive ketones (excluding diaryl/α,β-unsaturated/α-hetero) is 1. The fourth-order valence-corrected chi connectivity index (χ4v) is 0.591. The Balaban J connectivity index is 4.81. The second kappa shape index (κ2) is 5.18. The molecule has 72 valence electrons. The molecule has 0 unspecified atom stereocenters.